The molecule has 0 spiro atoms. The summed E-state index contributed by atoms with van der Waals surface area (Å²) in [6.07, 6.45) is 3.69. The van der Waals surface area contributed by atoms with Crippen molar-refractivity contribution >= 4 is 11.9 Å². The highest BCUT2D eigenvalue weighted by molar-refractivity contribution is 5.83. The first kappa shape index (κ1) is 16.4. The third kappa shape index (κ3) is 4.28. The molecule has 1 aliphatic heterocycles. The van der Waals surface area contributed by atoms with E-state index in [0.717, 1.165) is 5.56 Å². The Morgan fingerprint density at radius 2 is 2.18 bits per heavy atom. The predicted octanol–water partition coefficient (Wildman–Crippen LogP) is -0.527. The highest BCUT2D eigenvalue weighted by Crippen LogP contribution is 2.21. The standard InChI is InChI=1S/C14H22N4O4/c1-17-10-11(9-16-17)13(18-5-7-22-8-6-18)14(20)15-4-3-12(19)21-2/h9-10,13H,3-8H2,1-2H3,(H,15,20). The van der Waals surface area contributed by atoms with Crippen LogP contribution in [0.4, 0.5) is 0 Å². The van der Waals surface area contributed by atoms with Crippen LogP contribution in [0.5, 0.6) is 0 Å². The molecule has 8 heteroatoms. The van der Waals surface area contributed by atoms with Gasteiger partial charge in [0.2, 0.25) is 5.91 Å². The zero-order chi connectivity index (χ0) is 15.9. The van der Waals surface area contributed by atoms with Crippen LogP contribution in [0.1, 0.15) is 18.0 Å². The normalized spacial score (nSPS) is 17.0. The monoisotopic (exact) mass is 310 g/mol. The number of nitrogens with one attached hydrogen (secondary N) is 1. The highest BCUT2D eigenvalue weighted by Gasteiger charge is 2.29. The molecule has 2 rings (SSSR count). The van der Waals surface area contributed by atoms with Gasteiger partial charge >= 0.3 is 5.97 Å². The van der Waals surface area contributed by atoms with Gasteiger partial charge in [-0.15, -0.1) is 0 Å². The summed E-state index contributed by atoms with van der Waals surface area (Å²) >= 11 is 0. The third-order valence-corrected chi connectivity index (χ3v) is 3.56. The van der Waals surface area contributed by atoms with E-state index in [1.165, 1.54) is 7.11 Å². The van der Waals surface area contributed by atoms with Crippen molar-refractivity contribution < 1.29 is 19.1 Å². The van der Waals surface area contributed by atoms with E-state index in [1.807, 2.05) is 13.2 Å². The van der Waals surface area contributed by atoms with Crippen molar-refractivity contribution in [2.75, 3.05) is 40.0 Å². The van der Waals surface area contributed by atoms with Gasteiger partial charge in [-0.1, -0.05) is 0 Å². The number of carbonyl (C=O) groups is 2. The maximum Gasteiger partial charge on any atom is 0.307 e. The lowest BCUT2D eigenvalue weighted by Crippen LogP contribution is -2.46. The van der Waals surface area contributed by atoms with Crippen LogP contribution in [0.2, 0.25) is 0 Å². The topological polar surface area (TPSA) is 85.7 Å². The number of hydrogen-bond donors (Lipinski definition) is 1. The average Bonchev–Trinajstić information content (AvgIpc) is 2.94. The number of morpholine rings is 1. The summed E-state index contributed by atoms with van der Waals surface area (Å²) < 4.78 is 11.6. The molecule has 22 heavy (non-hydrogen) atoms. The van der Waals surface area contributed by atoms with Gasteiger partial charge in [0.15, 0.2) is 0 Å². The van der Waals surface area contributed by atoms with Crippen LogP contribution >= 0.6 is 0 Å². The molecule has 1 aliphatic rings. The molecule has 1 atom stereocenters. The molecule has 1 amide bonds. The lowest BCUT2D eigenvalue weighted by Gasteiger charge is -2.33. The van der Waals surface area contributed by atoms with Gasteiger partial charge in [-0.3, -0.25) is 19.2 Å². The number of rotatable bonds is 6. The fourth-order valence-electron chi connectivity index (χ4n) is 2.43. The molecule has 0 radical (unpaired) electrons. The molecule has 1 fully saturated rings. The van der Waals surface area contributed by atoms with Crippen molar-refractivity contribution in [2.45, 2.75) is 12.5 Å². The summed E-state index contributed by atoms with van der Waals surface area (Å²) in [4.78, 5) is 25.7. The summed E-state index contributed by atoms with van der Waals surface area (Å²) in [5.74, 6) is -0.483. The second-order valence-electron chi connectivity index (χ2n) is 5.12. The van der Waals surface area contributed by atoms with Gasteiger partial charge in [-0.2, -0.15) is 5.10 Å². The molecule has 122 valence electrons. The fourth-order valence-corrected chi connectivity index (χ4v) is 2.43. The lowest BCUT2D eigenvalue weighted by molar-refractivity contribution is -0.140. The Balaban J connectivity index is 2.03. The molecule has 2 heterocycles. The Kier molecular flexibility index (Phi) is 5.91. The second-order valence-corrected chi connectivity index (χ2v) is 5.12. The van der Waals surface area contributed by atoms with Gasteiger partial charge in [0.05, 0.1) is 32.9 Å². The van der Waals surface area contributed by atoms with E-state index in [-0.39, 0.29) is 24.8 Å². The number of esters is 1. The molecule has 1 N–H and O–H groups in total. The molecule has 1 saturated heterocycles. The van der Waals surface area contributed by atoms with Crippen LogP contribution in [0.25, 0.3) is 0 Å². The van der Waals surface area contributed by atoms with E-state index in [4.69, 9.17) is 4.74 Å². The smallest absolute Gasteiger partial charge is 0.307 e. The first-order valence-electron chi connectivity index (χ1n) is 7.26. The highest BCUT2D eigenvalue weighted by atomic mass is 16.5. The average molecular weight is 310 g/mol. The summed E-state index contributed by atoms with van der Waals surface area (Å²) in [7, 11) is 3.14. The van der Waals surface area contributed by atoms with E-state index in [2.05, 4.69) is 20.1 Å². The first-order valence-corrected chi connectivity index (χ1v) is 7.26. The summed E-state index contributed by atoms with van der Waals surface area (Å²) in [6.45, 7) is 2.83. The van der Waals surface area contributed by atoms with Crippen molar-refractivity contribution in [1.29, 1.82) is 0 Å². The molecule has 0 saturated carbocycles. The van der Waals surface area contributed by atoms with Crippen LogP contribution in [0.15, 0.2) is 12.4 Å². The minimum atomic E-state index is -0.421. The molecule has 0 aliphatic carbocycles. The van der Waals surface area contributed by atoms with Crippen LogP contribution in [0.3, 0.4) is 0 Å². The molecule has 1 unspecified atom stereocenters. The van der Waals surface area contributed by atoms with E-state index in [0.29, 0.717) is 26.3 Å². The summed E-state index contributed by atoms with van der Waals surface area (Å²) in [5, 5.41) is 6.93. The zero-order valence-electron chi connectivity index (χ0n) is 12.9. The van der Waals surface area contributed by atoms with Gasteiger partial charge < -0.3 is 14.8 Å². The van der Waals surface area contributed by atoms with E-state index < -0.39 is 6.04 Å². The number of carbonyl (C=O) groups excluding carboxylic acids is 2. The molecular formula is C14H22N4O4. The molecule has 8 nitrogen and oxygen atoms in total. The molecular weight excluding hydrogens is 288 g/mol. The molecule has 1 aromatic heterocycles. The van der Waals surface area contributed by atoms with E-state index in [9.17, 15) is 9.59 Å². The van der Waals surface area contributed by atoms with Gasteiger partial charge in [0.25, 0.3) is 0 Å². The Morgan fingerprint density at radius 1 is 1.45 bits per heavy atom. The number of ether oxygens (including phenoxy) is 2. The zero-order valence-corrected chi connectivity index (χ0v) is 12.9. The SMILES string of the molecule is COC(=O)CCNC(=O)C(c1cnn(C)c1)N1CCOCC1. The second kappa shape index (κ2) is 7.90. The third-order valence-electron chi connectivity index (χ3n) is 3.56. The Bertz CT molecular complexity index is 511. The molecule has 0 bridgehead atoms. The number of nitrogens with zero attached hydrogens (tertiary/aromatic N) is 3. The number of methoxy groups -OCH3 is 1. The Hall–Kier alpha value is -1.93. The summed E-state index contributed by atoms with van der Waals surface area (Å²) in [6, 6.07) is -0.421. The fraction of sp³-hybridized carbons (Fsp3) is 0.643. The molecule has 0 aromatic carbocycles. The van der Waals surface area contributed by atoms with Crippen LogP contribution < -0.4 is 5.32 Å². The number of aromatic nitrogens is 2. The maximum atomic E-state index is 12.5. The van der Waals surface area contributed by atoms with Crippen molar-refractivity contribution in [3.63, 3.8) is 0 Å². The van der Waals surface area contributed by atoms with Crippen molar-refractivity contribution in [1.82, 2.24) is 20.0 Å². The van der Waals surface area contributed by atoms with Crippen molar-refractivity contribution in [2.24, 2.45) is 7.05 Å². The van der Waals surface area contributed by atoms with Crippen LogP contribution in [-0.2, 0) is 26.1 Å². The summed E-state index contributed by atoms with van der Waals surface area (Å²) in [5.41, 5.74) is 0.833. The molecule has 1 aromatic rings. The first-order chi connectivity index (χ1) is 10.6. The number of hydrogen-bond acceptors (Lipinski definition) is 6. The number of amides is 1. The predicted molar refractivity (Wildman–Crippen MR) is 78.0 cm³/mol. The van der Waals surface area contributed by atoms with Crippen molar-refractivity contribution in [3.05, 3.63) is 18.0 Å². The minimum Gasteiger partial charge on any atom is -0.469 e. The van der Waals surface area contributed by atoms with E-state index in [1.54, 1.807) is 10.9 Å². The van der Waals surface area contributed by atoms with Crippen molar-refractivity contribution in [3.8, 4) is 0 Å². The van der Waals surface area contributed by atoms with Gasteiger partial charge in [-0.05, 0) is 0 Å². The number of aryl methyl sites for hydroxylation is 1. The van der Waals surface area contributed by atoms with Crippen LogP contribution in [0, 0.1) is 0 Å². The van der Waals surface area contributed by atoms with Gasteiger partial charge in [-0.25, -0.2) is 0 Å². The Morgan fingerprint density at radius 3 is 2.77 bits per heavy atom. The maximum absolute atomic E-state index is 12.5. The minimum absolute atomic E-state index is 0.140. The largest absolute Gasteiger partial charge is 0.469 e. The lowest BCUT2D eigenvalue weighted by atomic mass is 10.1. The quantitative estimate of drug-likeness (QED) is 0.711. The van der Waals surface area contributed by atoms with Crippen LogP contribution in [-0.4, -0.2) is 66.5 Å². The van der Waals surface area contributed by atoms with E-state index >= 15 is 0 Å². The van der Waals surface area contributed by atoms with Gasteiger partial charge in [0.1, 0.15) is 6.04 Å². The van der Waals surface area contributed by atoms with Gasteiger partial charge in [0, 0.05) is 38.4 Å². The Labute approximate surface area is 129 Å².